The van der Waals surface area contributed by atoms with Gasteiger partial charge in [0, 0.05) is 19.1 Å². The van der Waals surface area contributed by atoms with Crippen LogP contribution in [0.2, 0.25) is 0 Å². The third kappa shape index (κ3) is 3.15. The van der Waals surface area contributed by atoms with Crippen LogP contribution in [-0.4, -0.2) is 40.8 Å². The molecule has 1 atom stereocenters. The molecule has 0 saturated carbocycles. The molecule has 3 N–H and O–H groups in total. The van der Waals surface area contributed by atoms with Crippen molar-refractivity contribution in [2.45, 2.75) is 32.4 Å². The van der Waals surface area contributed by atoms with E-state index in [0.717, 1.165) is 25.2 Å². The van der Waals surface area contributed by atoms with Crippen molar-refractivity contribution in [3.63, 3.8) is 0 Å². The van der Waals surface area contributed by atoms with Gasteiger partial charge in [0.2, 0.25) is 0 Å². The number of phenols is 2. The number of nitrogens with zero attached hydrogens (tertiary/aromatic N) is 1. The molecule has 1 saturated heterocycles. The highest BCUT2D eigenvalue weighted by molar-refractivity contribution is 5.40. The molecular formula is C14H22N2O2. The average Bonchev–Trinajstić information content (AvgIpc) is 2.81. The summed E-state index contributed by atoms with van der Waals surface area (Å²) in [5.74, 6) is -0.114. The lowest BCUT2D eigenvalue weighted by Gasteiger charge is -2.23. The Balaban J connectivity index is 1.79. The van der Waals surface area contributed by atoms with Gasteiger partial charge in [0.15, 0.2) is 11.5 Å². The molecule has 0 bridgehead atoms. The van der Waals surface area contributed by atoms with Crippen LogP contribution < -0.4 is 5.32 Å². The normalized spacial score (nSPS) is 20.4. The lowest BCUT2D eigenvalue weighted by molar-refractivity contribution is 0.260. The Hall–Kier alpha value is -1.26. The van der Waals surface area contributed by atoms with Gasteiger partial charge in [0.05, 0.1) is 0 Å². The summed E-state index contributed by atoms with van der Waals surface area (Å²) in [6.45, 7) is 6.24. The van der Waals surface area contributed by atoms with Crippen molar-refractivity contribution >= 4 is 0 Å². The molecular weight excluding hydrogens is 228 g/mol. The third-order valence-electron chi connectivity index (χ3n) is 3.65. The minimum Gasteiger partial charge on any atom is -0.504 e. The van der Waals surface area contributed by atoms with Crippen molar-refractivity contribution in [3.05, 3.63) is 23.8 Å². The van der Waals surface area contributed by atoms with Crippen LogP contribution in [0.25, 0.3) is 0 Å². The quantitative estimate of drug-likeness (QED) is 0.696. The summed E-state index contributed by atoms with van der Waals surface area (Å²) in [7, 11) is 0. The van der Waals surface area contributed by atoms with Crippen molar-refractivity contribution in [2.24, 2.45) is 0 Å². The van der Waals surface area contributed by atoms with Crippen LogP contribution in [0.1, 0.15) is 25.3 Å². The summed E-state index contributed by atoms with van der Waals surface area (Å²) in [6.07, 6.45) is 2.56. The predicted molar refractivity (Wildman–Crippen MR) is 71.7 cm³/mol. The molecule has 1 aromatic carbocycles. The molecule has 0 spiro atoms. The third-order valence-corrected chi connectivity index (χ3v) is 3.65. The van der Waals surface area contributed by atoms with Crippen LogP contribution in [-0.2, 0) is 6.54 Å². The van der Waals surface area contributed by atoms with E-state index >= 15 is 0 Å². The Kier molecular flexibility index (Phi) is 4.44. The first-order valence-electron chi connectivity index (χ1n) is 6.66. The molecule has 1 aliphatic heterocycles. The highest BCUT2D eigenvalue weighted by Gasteiger charge is 2.21. The van der Waals surface area contributed by atoms with Gasteiger partial charge in [0.25, 0.3) is 0 Å². The number of hydrogen-bond acceptors (Lipinski definition) is 4. The number of nitrogens with one attached hydrogen (secondary N) is 1. The molecule has 4 heteroatoms. The lowest BCUT2D eigenvalue weighted by atomic mass is 10.2. The van der Waals surface area contributed by atoms with Crippen molar-refractivity contribution in [1.29, 1.82) is 0 Å². The number of aromatic hydroxyl groups is 2. The van der Waals surface area contributed by atoms with Gasteiger partial charge in [-0.15, -0.1) is 0 Å². The van der Waals surface area contributed by atoms with Gasteiger partial charge in [-0.25, -0.2) is 0 Å². The van der Waals surface area contributed by atoms with E-state index in [1.54, 1.807) is 6.07 Å². The van der Waals surface area contributed by atoms with E-state index in [9.17, 15) is 10.2 Å². The SMILES string of the molecule is CCN1CCCC1CNCc1ccc(O)c(O)c1. The molecule has 1 aliphatic rings. The second-order valence-corrected chi connectivity index (χ2v) is 4.88. The van der Waals surface area contributed by atoms with Crippen molar-refractivity contribution in [2.75, 3.05) is 19.6 Å². The zero-order chi connectivity index (χ0) is 13.0. The van der Waals surface area contributed by atoms with Gasteiger partial charge < -0.3 is 15.5 Å². The summed E-state index contributed by atoms with van der Waals surface area (Å²) >= 11 is 0. The zero-order valence-corrected chi connectivity index (χ0v) is 10.9. The second-order valence-electron chi connectivity index (χ2n) is 4.88. The van der Waals surface area contributed by atoms with Crippen molar-refractivity contribution in [1.82, 2.24) is 10.2 Å². The molecule has 1 aromatic rings. The van der Waals surface area contributed by atoms with Crippen LogP contribution in [0.3, 0.4) is 0 Å². The standard InChI is InChI=1S/C14H22N2O2/c1-2-16-7-3-4-12(16)10-15-9-11-5-6-13(17)14(18)8-11/h5-6,8,12,15,17-18H,2-4,7,9-10H2,1H3. The monoisotopic (exact) mass is 250 g/mol. The maximum atomic E-state index is 9.41. The molecule has 1 fully saturated rings. The van der Waals surface area contributed by atoms with Gasteiger partial charge in [-0.1, -0.05) is 13.0 Å². The van der Waals surface area contributed by atoms with E-state index in [4.69, 9.17) is 0 Å². The number of benzene rings is 1. The first-order valence-corrected chi connectivity index (χ1v) is 6.66. The topological polar surface area (TPSA) is 55.7 Å². The summed E-state index contributed by atoms with van der Waals surface area (Å²) in [5, 5.41) is 22.1. The summed E-state index contributed by atoms with van der Waals surface area (Å²) in [6, 6.07) is 5.60. The van der Waals surface area contributed by atoms with Crippen molar-refractivity contribution in [3.8, 4) is 11.5 Å². The highest BCUT2D eigenvalue weighted by Crippen LogP contribution is 2.24. The Morgan fingerprint density at radius 1 is 1.33 bits per heavy atom. The Morgan fingerprint density at radius 3 is 2.89 bits per heavy atom. The number of likely N-dealkylation sites (tertiary alicyclic amines) is 1. The Labute approximate surface area is 108 Å². The number of likely N-dealkylation sites (N-methyl/N-ethyl adjacent to an activating group) is 1. The first-order chi connectivity index (χ1) is 8.70. The van der Waals surface area contributed by atoms with Gasteiger partial charge in [0.1, 0.15) is 0 Å². The molecule has 4 nitrogen and oxygen atoms in total. The highest BCUT2D eigenvalue weighted by atomic mass is 16.3. The van der Waals surface area contributed by atoms with Crippen molar-refractivity contribution < 1.29 is 10.2 Å². The molecule has 2 rings (SSSR count). The smallest absolute Gasteiger partial charge is 0.157 e. The van der Waals surface area contributed by atoms with Crippen LogP contribution in [0, 0.1) is 0 Å². The molecule has 0 aromatic heterocycles. The lowest BCUT2D eigenvalue weighted by Crippen LogP contribution is -2.37. The number of phenolic OH excluding ortho intramolecular Hbond substituents is 2. The second kappa shape index (κ2) is 6.07. The molecule has 0 radical (unpaired) electrons. The fraction of sp³-hybridized carbons (Fsp3) is 0.571. The van der Waals surface area contributed by atoms with Crippen LogP contribution in [0.5, 0.6) is 11.5 Å². The summed E-state index contributed by atoms with van der Waals surface area (Å²) in [5.41, 5.74) is 0.992. The first kappa shape index (κ1) is 13.2. The van der Waals surface area contributed by atoms with E-state index < -0.39 is 0 Å². The Bertz CT molecular complexity index is 395. The molecule has 0 amide bonds. The molecule has 1 unspecified atom stereocenters. The zero-order valence-electron chi connectivity index (χ0n) is 10.9. The van der Waals surface area contributed by atoms with Gasteiger partial charge in [-0.2, -0.15) is 0 Å². The van der Waals surface area contributed by atoms with E-state index in [2.05, 4.69) is 17.1 Å². The maximum absolute atomic E-state index is 9.41. The Morgan fingerprint density at radius 2 is 2.17 bits per heavy atom. The minimum absolute atomic E-state index is 0.0506. The van der Waals surface area contributed by atoms with Crippen LogP contribution in [0.15, 0.2) is 18.2 Å². The number of hydrogen-bond donors (Lipinski definition) is 3. The van der Waals surface area contributed by atoms with Crippen LogP contribution in [0.4, 0.5) is 0 Å². The molecule has 0 aliphatic carbocycles. The van der Waals surface area contributed by atoms with E-state index in [0.29, 0.717) is 6.04 Å². The van der Waals surface area contributed by atoms with E-state index in [1.165, 1.54) is 25.5 Å². The average molecular weight is 250 g/mol. The molecule has 18 heavy (non-hydrogen) atoms. The van der Waals surface area contributed by atoms with Gasteiger partial charge in [-0.05, 0) is 43.6 Å². The minimum atomic E-state index is -0.0632. The molecule has 100 valence electrons. The van der Waals surface area contributed by atoms with Gasteiger partial charge >= 0.3 is 0 Å². The molecule has 1 heterocycles. The van der Waals surface area contributed by atoms with E-state index in [-0.39, 0.29) is 11.5 Å². The predicted octanol–water partition coefficient (Wildman–Crippen LogP) is 1.67. The van der Waals surface area contributed by atoms with E-state index in [1.807, 2.05) is 6.07 Å². The number of rotatable bonds is 5. The fourth-order valence-corrected chi connectivity index (χ4v) is 2.60. The van der Waals surface area contributed by atoms with Gasteiger partial charge in [-0.3, -0.25) is 4.90 Å². The maximum Gasteiger partial charge on any atom is 0.157 e. The largest absolute Gasteiger partial charge is 0.504 e. The summed E-state index contributed by atoms with van der Waals surface area (Å²) in [4.78, 5) is 2.50. The van der Waals surface area contributed by atoms with Crippen LogP contribution >= 0.6 is 0 Å². The fourth-order valence-electron chi connectivity index (χ4n) is 2.60. The summed E-state index contributed by atoms with van der Waals surface area (Å²) < 4.78 is 0.